The Hall–Kier alpha value is -1.75. The van der Waals surface area contributed by atoms with Gasteiger partial charge in [-0.05, 0) is 18.4 Å². The summed E-state index contributed by atoms with van der Waals surface area (Å²) < 4.78 is 0. The maximum atomic E-state index is 12.1. The zero-order valence-electron chi connectivity index (χ0n) is 10.5. The van der Waals surface area contributed by atoms with Crippen LogP contribution in [0.1, 0.15) is 10.4 Å². The highest BCUT2D eigenvalue weighted by Gasteiger charge is 2.22. The van der Waals surface area contributed by atoms with Gasteiger partial charge in [-0.2, -0.15) is 0 Å². The molecule has 2 rings (SSSR count). The quantitative estimate of drug-likeness (QED) is 0.524. The molecule has 5 heteroatoms. The van der Waals surface area contributed by atoms with Crippen molar-refractivity contribution in [3.05, 3.63) is 30.0 Å². The van der Waals surface area contributed by atoms with Gasteiger partial charge in [-0.1, -0.05) is 6.07 Å². The van der Waals surface area contributed by atoms with E-state index in [2.05, 4.69) is 4.98 Å². The van der Waals surface area contributed by atoms with Gasteiger partial charge in [0.1, 0.15) is 0 Å². The zero-order chi connectivity index (χ0) is 13.3. The largest absolute Gasteiger partial charge is 0.360 e. The number of hydrogen-bond acceptors (Lipinski definition) is 3. The number of Topliss-reactive ketones (excluding diaryl/α,β-unsaturated/α-hetero) is 1. The van der Waals surface area contributed by atoms with E-state index in [-0.39, 0.29) is 0 Å². The van der Waals surface area contributed by atoms with Crippen LogP contribution < -0.4 is 0 Å². The molecule has 0 aliphatic heterocycles. The Labute approximate surface area is 109 Å². The van der Waals surface area contributed by atoms with Gasteiger partial charge in [0.2, 0.25) is 0 Å². The molecular formula is C13H14N2O2S. The Morgan fingerprint density at radius 3 is 2.61 bits per heavy atom. The fourth-order valence-corrected chi connectivity index (χ4v) is 2.46. The summed E-state index contributed by atoms with van der Waals surface area (Å²) in [5, 5.41) is 0.824. The van der Waals surface area contributed by atoms with E-state index in [1.54, 1.807) is 32.1 Å². The second kappa shape index (κ2) is 4.86. The SMILES string of the molecule is CSc1cccc2[nH]cc(C(=O)C(=O)N(C)C)c12. The molecule has 18 heavy (non-hydrogen) atoms. The number of fused-ring (bicyclic) bond motifs is 1. The molecule has 0 saturated carbocycles. The molecule has 1 aromatic heterocycles. The lowest BCUT2D eigenvalue weighted by Crippen LogP contribution is -2.29. The fourth-order valence-electron chi connectivity index (χ4n) is 1.82. The number of nitrogens with zero attached hydrogens (tertiary/aromatic N) is 1. The maximum absolute atomic E-state index is 12.1. The lowest BCUT2D eigenvalue weighted by Gasteiger charge is -2.08. The molecule has 1 aromatic carbocycles. The van der Waals surface area contributed by atoms with E-state index < -0.39 is 11.7 Å². The van der Waals surface area contributed by atoms with Gasteiger partial charge in [-0.15, -0.1) is 11.8 Å². The maximum Gasteiger partial charge on any atom is 0.294 e. The molecule has 0 bridgehead atoms. The summed E-state index contributed by atoms with van der Waals surface area (Å²) in [5.74, 6) is -0.987. The van der Waals surface area contributed by atoms with Crippen molar-refractivity contribution in [2.45, 2.75) is 4.90 Å². The number of thioether (sulfide) groups is 1. The summed E-state index contributed by atoms with van der Waals surface area (Å²) in [6.45, 7) is 0. The van der Waals surface area contributed by atoms with Gasteiger partial charge in [0.15, 0.2) is 0 Å². The molecule has 1 N–H and O–H groups in total. The van der Waals surface area contributed by atoms with Crippen LogP contribution in [0.4, 0.5) is 0 Å². The van der Waals surface area contributed by atoms with Crippen LogP contribution in [0.15, 0.2) is 29.3 Å². The van der Waals surface area contributed by atoms with Gasteiger partial charge in [-0.3, -0.25) is 9.59 Å². The van der Waals surface area contributed by atoms with E-state index in [0.717, 1.165) is 15.8 Å². The molecule has 1 heterocycles. The average Bonchev–Trinajstić information content (AvgIpc) is 2.80. The summed E-state index contributed by atoms with van der Waals surface area (Å²) in [6.07, 6.45) is 3.55. The van der Waals surface area contributed by atoms with Crippen molar-refractivity contribution >= 4 is 34.4 Å². The molecule has 0 spiro atoms. The second-order valence-electron chi connectivity index (χ2n) is 4.11. The van der Waals surface area contributed by atoms with Crippen LogP contribution in [0.3, 0.4) is 0 Å². The van der Waals surface area contributed by atoms with Crippen LogP contribution in [0.5, 0.6) is 0 Å². The second-order valence-corrected chi connectivity index (χ2v) is 4.96. The average molecular weight is 262 g/mol. The van der Waals surface area contributed by atoms with Crippen LogP contribution in [-0.4, -0.2) is 41.9 Å². The Balaban J connectivity index is 2.59. The fraction of sp³-hybridized carbons (Fsp3) is 0.231. The highest BCUT2D eigenvalue weighted by molar-refractivity contribution is 7.98. The van der Waals surface area contributed by atoms with Crippen molar-refractivity contribution in [3.63, 3.8) is 0 Å². The van der Waals surface area contributed by atoms with Crippen LogP contribution in [0.25, 0.3) is 10.9 Å². The topological polar surface area (TPSA) is 53.2 Å². The lowest BCUT2D eigenvalue weighted by atomic mass is 10.1. The van der Waals surface area contributed by atoms with Gasteiger partial charge in [0, 0.05) is 36.1 Å². The molecule has 0 radical (unpaired) electrons. The molecule has 0 fully saturated rings. The highest BCUT2D eigenvalue weighted by atomic mass is 32.2. The Kier molecular flexibility index (Phi) is 3.43. The number of H-pyrrole nitrogens is 1. The minimum absolute atomic E-state index is 0.439. The van der Waals surface area contributed by atoms with Crippen molar-refractivity contribution in [2.24, 2.45) is 0 Å². The van der Waals surface area contributed by atoms with E-state index in [0.29, 0.717) is 5.56 Å². The number of likely N-dealkylation sites (N-methyl/N-ethyl adjacent to an activating group) is 1. The monoisotopic (exact) mass is 262 g/mol. The molecule has 0 aliphatic rings. The summed E-state index contributed by atoms with van der Waals surface area (Å²) in [7, 11) is 3.15. The molecule has 0 saturated heterocycles. The predicted molar refractivity (Wildman–Crippen MR) is 73.1 cm³/mol. The van der Waals surface area contributed by atoms with E-state index in [1.165, 1.54) is 4.90 Å². The van der Waals surface area contributed by atoms with Crippen LogP contribution in [-0.2, 0) is 4.79 Å². The number of amides is 1. The third kappa shape index (κ3) is 2.01. The molecular weight excluding hydrogens is 248 g/mol. The van der Waals surface area contributed by atoms with E-state index >= 15 is 0 Å². The normalized spacial score (nSPS) is 10.6. The molecule has 0 atom stereocenters. The number of carbonyl (C=O) groups is 2. The Morgan fingerprint density at radius 1 is 1.28 bits per heavy atom. The first-order valence-corrected chi connectivity index (χ1v) is 6.68. The van der Waals surface area contributed by atoms with Crippen LogP contribution in [0, 0.1) is 0 Å². The van der Waals surface area contributed by atoms with Crippen molar-refractivity contribution in [1.29, 1.82) is 0 Å². The minimum atomic E-state index is -0.508. The minimum Gasteiger partial charge on any atom is -0.360 e. The number of aromatic nitrogens is 1. The first-order valence-electron chi connectivity index (χ1n) is 5.46. The lowest BCUT2D eigenvalue weighted by molar-refractivity contribution is -0.124. The summed E-state index contributed by atoms with van der Waals surface area (Å²) in [6, 6.07) is 5.76. The van der Waals surface area contributed by atoms with E-state index in [1.807, 2.05) is 24.5 Å². The number of aromatic amines is 1. The van der Waals surface area contributed by atoms with Crippen LogP contribution in [0.2, 0.25) is 0 Å². The van der Waals surface area contributed by atoms with Gasteiger partial charge in [-0.25, -0.2) is 0 Å². The van der Waals surface area contributed by atoms with Crippen molar-refractivity contribution in [3.8, 4) is 0 Å². The smallest absolute Gasteiger partial charge is 0.294 e. The number of carbonyl (C=O) groups excluding carboxylic acids is 2. The molecule has 4 nitrogen and oxygen atoms in total. The molecule has 0 unspecified atom stereocenters. The third-order valence-corrected chi connectivity index (χ3v) is 3.51. The summed E-state index contributed by atoms with van der Waals surface area (Å²) in [5.41, 5.74) is 1.31. The first-order chi connectivity index (χ1) is 8.56. The Bertz CT molecular complexity index is 616. The van der Waals surface area contributed by atoms with Gasteiger partial charge in [0.25, 0.3) is 11.7 Å². The van der Waals surface area contributed by atoms with Crippen molar-refractivity contribution in [1.82, 2.24) is 9.88 Å². The zero-order valence-corrected chi connectivity index (χ0v) is 11.3. The number of nitrogens with one attached hydrogen (secondary N) is 1. The van der Waals surface area contributed by atoms with Crippen molar-refractivity contribution < 1.29 is 9.59 Å². The molecule has 2 aromatic rings. The van der Waals surface area contributed by atoms with Crippen molar-refractivity contribution in [2.75, 3.05) is 20.4 Å². The first kappa shape index (κ1) is 12.7. The Morgan fingerprint density at radius 2 is 2.00 bits per heavy atom. The molecule has 0 aliphatic carbocycles. The highest BCUT2D eigenvalue weighted by Crippen LogP contribution is 2.29. The summed E-state index contributed by atoms with van der Waals surface area (Å²) >= 11 is 1.56. The molecule has 94 valence electrons. The predicted octanol–water partition coefficient (Wildman–Crippen LogP) is 2.16. The number of hydrogen-bond donors (Lipinski definition) is 1. The van der Waals surface area contributed by atoms with E-state index in [9.17, 15) is 9.59 Å². The van der Waals surface area contributed by atoms with Gasteiger partial charge >= 0.3 is 0 Å². The van der Waals surface area contributed by atoms with Gasteiger partial charge < -0.3 is 9.88 Å². The summed E-state index contributed by atoms with van der Waals surface area (Å²) in [4.78, 5) is 29.2. The van der Waals surface area contributed by atoms with Crippen LogP contribution >= 0.6 is 11.8 Å². The molecule has 1 amide bonds. The van der Waals surface area contributed by atoms with E-state index in [4.69, 9.17) is 0 Å². The van der Waals surface area contributed by atoms with Gasteiger partial charge in [0.05, 0.1) is 5.56 Å². The number of ketones is 1. The number of benzene rings is 1. The number of rotatable bonds is 3. The standard InChI is InChI=1S/C13H14N2O2S/c1-15(2)13(17)12(16)8-7-14-9-5-4-6-10(18-3)11(8)9/h4-7,14H,1-3H3. The third-order valence-electron chi connectivity index (χ3n) is 2.73.